The van der Waals surface area contributed by atoms with Crippen molar-refractivity contribution in [1.82, 2.24) is 10.4 Å². The van der Waals surface area contributed by atoms with Crippen molar-refractivity contribution in [3.05, 3.63) is 35.1 Å². The van der Waals surface area contributed by atoms with Gasteiger partial charge in [-0.3, -0.25) is 0 Å². The van der Waals surface area contributed by atoms with E-state index in [9.17, 15) is 13.2 Å². The summed E-state index contributed by atoms with van der Waals surface area (Å²) in [7, 11) is 0. The Kier molecular flexibility index (Phi) is 5.24. The molecule has 118 valence electrons. The molecule has 6 heteroatoms. The topological polar surface area (TPSA) is 41.3 Å². The van der Waals surface area contributed by atoms with Crippen LogP contribution in [0.4, 0.5) is 13.2 Å². The first kappa shape index (κ1) is 16.3. The van der Waals surface area contributed by atoms with Crippen LogP contribution in [0.25, 0.3) is 0 Å². The molecule has 3 nitrogen and oxygen atoms in total. The summed E-state index contributed by atoms with van der Waals surface area (Å²) in [6, 6.07) is 1.45. The maximum absolute atomic E-state index is 13.9. The minimum Gasteiger partial charge on any atom is -0.329 e. The molecule has 1 heterocycles. The fourth-order valence-corrected chi connectivity index (χ4v) is 2.91. The molecule has 1 fully saturated rings. The number of hydrogen-bond acceptors (Lipinski definition) is 3. The van der Waals surface area contributed by atoms with Crippen LogP contribution in [0.3, 0.4) is 0 Å². The molecule has 0 spiro atoms. The van der Waals surface area contributed by atoms with Crippen LogP contribution in [0, 0.1) is 17.5 Å². The van der Waals surface area contributed by atoms with Gasteiger partial charge in [-0.25, -0.2) is 23.6 Å². The number of nitrogens with two attached hydrogens (primary N) is 1. The van der Waals surface area contributed by atoms with Crippen molar-refractivity contribution in [2.24, 2.45) is 5.73 Å². The summed E-state index contributed by atoms with van der Waals surface area (Å²) in [6.45, 7) is 4.26. The van der Waals surface area contributed by atoms with E-state index < -0.39 is 23.5 Å². The van der Waals surface area contributed by atoms with E-state index in [1.807, 2.05) is 5.01 Å². The molecule has 3 atom stereocenters. The van der Waals surface area contributed by atoms with Crippen LogP contribution in [0.5, 0.6) is 0 Å². The first-order chi connectivity index (χ1) is 9.93. The van der Waals surface area contributed by atoms with E-state index in [0.717, 1.165) is 25.3 Å². The number of halogens is 3. The maximum Gasteiger partial charge on any atom is 0.161 e. The zero-order chi connectivity index (χ0) is 15.6. The maximum atomic E-state index is 13.9. The molecule has 0 aliphatic carbocycles. The lowest BCUT2D eigenvalue weighted by Gasteiger charge is -2.41. The SMILES string of the molecule is CC1CCCC(C)N1NC(CN)c1cc(F)c(F)cc1F. The molecule has 0 amide bonds. The summed E-state index contributed by atoms with van der Waals surface area (Å²) in [5.41, 5.74) is 8.94. The Balaban J connectivity index is 2.21. The smallest absolute Gasteiger partial charge is 0.161 e. The number of nitrogens with one attached hydrogen (secondary N) is 1. The van der Waals surface area contributed by atoms with Crippen molar-refractivity contribution >= 4 is 0 Å². The molecule has 3 N–H and O–H groups in total. The molecule has 1 aromatic rings. The molecular formula is C15H22F3N3. The third-order valence-electron chi connectivity index (χ3n) is 4.15. The van der Waals surface area contributed by atoms with Gasteiger partial charge in [-0.05, 0) is 32.8 Å². The van der Waals surface area contributed by atoms with Gasteiger partial charge in [0.15, 0.2) is 11.6 Å². The summed E-state index contributed by atoms with van der Waals surface area (Å²) >= 11 is 0. The Morgan fingerprint density at radius 3 is 2.29 bits per heavy atom. The zero-order valence-corrected chi connectivity index (χ0v) is 12.4. The van der Waals surface area contributed by atoms with Gasteiger partial charge < -0.3 is 5.73 Å². The van der Waals surface area contributed by atoms with E-state index in [1.165, 1.54) is 0 Å². The fraction of sp³-hybridized carbons (Fsp3) is 0.600. The summed E-state index contributed by atoms with van der Waals surface area (Å²) in [5.74, 6) is -3.03. The number of piperidine rings is 1. The molecule has 3 unspecified atom stereocenters. The second kappa shape index (κ2) is 6.77. The minimum absolute atomic E-state index is 0.0568. The normalized spacial score (nSPS) is 25.0. The molecule has 0 bridgehead atoms. The highest BCUT2D eigenvalue weighted by Crippen LogP contribution is 2.25. The van der Waals surface area contributed by atoms with Gasteiger partial charge in [0.25, 0.3) is 0 Å². The van der Waals surface area contributed by atoms with E-state index in [1.54, 1.807) is 0 Å². The van der Waals surface area contributed by atoms with Gasteiger partial charge >= 0.3 is 0 Å². The lowest BCUT2D eigenvalue weighted by Crippen LogP contribution is -2.54. The summed E-state index contributed by atoms with van der Waals surface area (Å²) < 4.78 is 40.3. The lowest BCUT2D eigenvalue weighted by atomic mass is 9.99. The number of hydrogen-bond donors (Lipinski definition) is 2. The summed E-state index contributed by atoms with van der Waals surface area (Å²) in [5, 5.41) is 2.04. The standard InChI is InChI=1S/C15H22F3N3/c1-9-4-3-5-10(2)21(9)20-15(8-19)11-6-13(17)14(18)7-12(11)16/h6-7,9-10,15,20H,3-5,8,19H2,1-2H3. The second-order valence-corrected chi connectivity index (χ2v) is 5.74. The molecule has 0 radical (unpaired) electrons. The average molecular weight is 301 g/mol. The molecule has 2 rings (SSSR count). The molecule has 0 aromatic heterocycles. The molecule has 0 saturated carbocycles. The Bertz CT molecular complexity index is 485. The van der Waals surface area contributed by atoms with Crippen molar-refractivity contribution in [1.29, 1.82) is 0 Å². The van der Waals surface area contributed by atoms with E-state index in [4.69, 9.17) is 5.73 Å². The second-order valence-electron chi connectivity index (χ2n) is 5.74. The molecule has 1 aromatic carbocycles. The van der Waals surface area contributed by atoms with Gasteiger partial charge in [-0.15, -0.1) is 0 Å². The van der Waals surface area contributed by atoms with Crippen molar-refractivity contribution in [3.63, 3.8) is 0 Å². The van der Waals surface area contributed by atoms with Crippen LogP contribution in [0.2, 0.25) is 0 Å². The highest BCUT2D eigenvalue weighted by Gasteiger charge is 2.28. The largest absolute Gasteiger partial charge is 0.329 e. The van der Waals surface area contributed by atoms with Gasteiger partial charge in [0, 0.05) is 30.3 Å². The van der Waals surface area contributed by atoms with Crippen molar-refractivity contribution < 1.29 is 13.2 Å². The summed E-state index contributed by atoms with van der Waals surface area (Å²) in [4.78, 5) is 0. The highest BCUT2D eigenvalue weighted by atomic mass is 19.2. The van der Waals surface area contributed by atoms with Gasteiger partial charge in [0.2, 0.25) is 0 Å². The molecular weight excluding hydrogens is 279 g/mol. The van der Waals surface area contributed by atoms with Crippen molar-refractivity contribution in [3.8, 4) is 0 Å². The van der Waals surface area contributed by atoms with Crippen LogP contribution in [-0.4, -0.2) is 23.6 Å². The van der Waals surface area contributed by atoms with E-state index in [0.29, 0.717) is 6.07 Å². The van der Waals surface area contributed by atoms with Crippen molar-refractivity contribution in [2.45, 2.75) is 51.2 Å². The van der Waals surface area contributed by atoms with Gasteiger partial charge in [0.1, 0.15) is 5.82 Å². The van der Waals surface area contributed by atoms with Gasteiger partial charge in [-0.2, -0.15) is 0 Å². The number of rotatable bonds is 4. The lowest BCUT2D eigenvalue weighted by molar-refractivity contribution is 0.0298. The number of nitrogens with zero attached hydrogens (tertiary/aromatic N) is 1. The van der Waals surface area contributed by atoms with Crippen LogP contribution in [0.15, 0.2) is 12.1 Å². The highest BCUT2D eigenvalue weighted by molar-refractivity contribution is 5.23. The Morgan fingerprint density at radius 2 is 1.71 bits per heavy atom. The summed E-state index contributed by atoms with van der Waals surface area (Å²) in [6.07, 6.45) is 3.22. The first-order valence-corrected chi connectivity index (χ1v) is 7.33. The number of benzene rings is 1. The first-order valence-electron chi connectivity index (χ1n) is 7.33. The van der Waals surface area contributed by atoms with E-state index in [2.05, 4.69) is 19.3 Å². The van der Waals surface area contributed by atoms with Crippen LogP contribution in [-0.2, 0) is 0 Å². The fourth-order valence-electron chi connectivity index (χ4n) is 2.91. The molecule has 1 saturated heterocycles. The average Bonchev–Trinajstić information content (AvgIpc) is 2.43. The molecule has 1 aliphatic rings. The minimum atomic E-state index is -1.19. The monoisotopic (exact) mass is 301 g/mol. The Labute approximate surface area is 123 Å². The number of hydrazine groups is 1. The van der Waals surface area contributed by atoms with Crippen molar-refractivity contribution in [2.75, 3.05) is 6.54 Å². The van der Waals surface area contributed by atoms with Crippen LogP contribution in [0.1, 0.15) is 44.7 Å². The predicted molar refractivity (Wildman–Crippen MR) is 75.9 cm³/mol. The third kappa shape index (κ3) is 3.56. The quantitative estimate of drug-likeness (QED) is 0.840. The molecule has 1 aliphatic heterocycles. The molecule has 21 heavy (non-hydrogen) atoms. The zero-order valence-electron chi connectivity index (χ0n) is 12.4. The van der Waals surface area contributed by atoms with Gasteiger partial charge in [0.05, 0.1) is 6.04 Å². The van der Waals surface area contributed by atoms with Crippen LogP contribution >= 0.6 is 0 Å². The third-order valence-corrected chi connectivity index (χ3v) is 4.15. The predicted octanol–water partition coefficient (Wildman–Crippen LogP) is 2.87. The Hall–Kier alpha value is -1.11. The Morgan fingerprint density at radius 1 is 1.14 bits per heavy atom. The van der Waals surface area contributed by atoms with E-state index >= 15 is 0 Å². The van der Waals surface area contributed by atoms with Crippen LogP contribution < -0.4 is 11.2 Å². The van der Waals surface area contributed by atoms with E-state index in [-0.39, 0.29) is 24.2 Å². The van der Waals surface area contributed by atoms with Gasteiger partial charge in [-0.1, -0.05) is 6.42 Å².